The molecular weight excluding hydrogens is 602 g/mol. The molecule has 0 bridgehead atoms. The number of nitrogens with one attached hydrogen (secondary N) is 2. The van der Waals surface area contributed by atoms with E-state index in [0.29, 0.717) is 5.56 Å². The second kappa shape index (κ2) is 9.82. The number of aromatic hydroxyl groups is 3. The van der Waals surface area contributed by atoms with Gasteiger partial charge in [-0.3, -0.25) is 28.8 Å². The predicted molar refractivity (Wildman–Crippen MR) is 156 cm³/mol. The van der Waals surface area contributed by atoms with E-state index < -0.39 is 85.3 Å². The van der Waals surface area contributed by atoms with E-state index in [1.807, 2.05) is 0 Å². The summed E-state index contributed by atoms with van der Waals surface area (Å²) in [6.07, 6.45) is 6.46. The first-order valence-electron chi connectivity index (χ1n) is 13.8. The van der Waals surface area contributed by atoms with Crippen LogP contribution in [0.2, 0.25) is 0 Å². The predicted octanol–water partition coefficient (Wildman–Crippen LogP) is 1.16. The fourth-order valence-electron chi connectivity index (χ4n) is 6.58. The van der Waals surface area contributed by atoms with Crippen LogP contribution in [0.4, 0.5) is 0 Å². The van der Waals surface area contributed by atoms with Crippen LogP contribution in [0.1, 0.15) is 64.7 Å². The second-order valence-corrected chi connectivity index (χ2v) is 11.0. The van der Waals surface area contributed by atoms with E-state index in [1.54, 1.807) is 6.20 Å². The van der Waals surface area contributed by atoms with Crippen LogP contribution < -0.4 is 11.0 Å². The number of nitrogens with zero attached hydrogens (tertiary/aromatic N) is 3. The van der Waals surface area contributed by atoms with Gasteiger partial charge in [0.2, 0.25) is 5.78 Å². The van der Waals surface area contributed by atoms with Crippen molar-refractivity contribution in [2.24, 2.45) is 5.10 Å². The summed E-state index contributed by atoms with van der Waals surface area (Å²) in [6.45, 7) is -0.0372. The monoisotopic (exact) mass is 623 g/mol. The van der Waals surface area contributed by atoms with Crippen LogP contribution in [-0.4, -0.2) is 72.2 Å². The lowest BCUT2D eigenvalue weighted by molar-refractivity contribution is -0.121. The topological polar surface area (TPSA) is 230 Å². The van der Waals surface area contributed by atoms with Crippen molar-refractivity contribution in [1.29, 1.82) is 0 Å². The number of H-pyrrole nitrogens is 1. The lowest BCUT2D eigenvalue weighted by Gasteiger charge is -2.22. The summed E-state index contributed by atoms with van der Waals surface area (Å²) >= 11 is 0. The first-order chi connectivity index (χ1) is 22.0. The van der Waals surface area contributed by atoms with Gasteiger partial charge in [0.15, 0.2) is 23.1 Å². The Labute approximate surface area is 256 Å². The van der Waals surface area contributed by atoms with Gasteiger partial charge in [0.1, 0.15) is 29.2 Å². The highest BCUT2D eigenvalue weighted by Crippen LogP contribution is 2.57. The summed E-state index contributed by atoms with van der Waals surface area (Å²) in [5, 5.41) is 37.6. The van der Waals surface area contributed by atoms with Crippen LogP contribution in [0.15, 0.2) is 52.6 Å². The molecule has 15 heteroatoms. The Morgan fingerprint density at radius 1 is 1.07 bits per heavy atom. The van der Waals surface area contributed by atoms with Gasteiger partial charge in [-0.25, -0.2) is 10.4 Å². The molecule has 2 aromatic carbocycles. The number of Topliss-reactive ketones (excluding diaryl/α,β-unsaturated/α-hetero) is 3. The Morgan fingerprint density at radius 2 is 1.78 bits per heavy atom. The minimum absolute atomic E-state index is 0.0372. The molecule has 15 nitrogen and oxygen atoms in total. The Kier molecular flexibility index (Phi) is 6.06. The SMILES string of the molecule is COC1=CC(=O)c2c(O)c3c(c(O)c2C1=O)C(=O)C1(CCc2cc4cc(C=NNC(=O)Cn5ccnc5)[nH]c(=O)c4c(O)c21)C3=O. The standard InChI is InChI=1S/C31H21N5O10/c1-46-16-8-15(37)19-20(24(16)39)26(41)22-21(25(19)40)28(43)31(29(22)44)3-2-12-6-13-7-14(34-30(45)18(13)27(42)23(12)31)9-33-35-17(38)10-36-5-4-32-11-36/h4-9,11,40-42H,2-3,10H2,1H3,(H,34,45)(H,35,38). The Hall–Kier alpha value is -6.38. The van der Waals surface area contributed by atoms with Crippen LogP contribution in [-0.2, 0) is 27.9 Å². The largest absolute Gasteiger partial charge is 0.507 e. The van der Waals surface area contributed by atoms with Gasteiger partial charge in [0.25, 0.3) is 11.5 Å². The number of ketones is 4. The number of benzene rings is 2. The van der Waals surface area contributed by atoms with Gasteiger partial charge in [-0.2, -0.15) is 5.10 Å². The maximum atomic E-state index is 14.1. The number of hydrogen-bond acceptors (Lipinski definition) is 12. The van der Waals surface area contributed by atoms with E-state index in [4.69, 9.17) is 4.74 Å². The van der Waals surface area contributed by atoms with Gasteiger partial charge in [-0.15, -0.1) is 0 Å². The number of carbonyl (C=O) groups excluding carboxylic acids is 5. The molecule has 46 heavy (non-hydrogen) atoms. The summed E-state index contributed by atoms with van der Waals surface area (Å²) in [4.78, 5) is 85.6. The number of aromatic nitrogens is 3. The van der Waals surface area contributed by atoms with Crippen LogP contribution in [0.5, 0.6) is 17.2 Å². The van der Waals surface area contributed by atoms with Gasteiger partial charge < -0.3 is 29.6 Å². The van der Waals surface area contributed by atoms with E-state index in [-0.39, 0.29) is 41.4 Å². The molecule has 3 aliphatic carbocycles. The lowest BCUT2D eigenvalue weighted by atomic mass is 9.76. The first-order valence-corrected chi connectivity index (χ1v) is 13.8. The molecule has 1 spiro atoms. The summed E-state index contributed by atoms with van der Waals surface area (Å²) in [6, 6.07) is 3.00. The number of hydrazone groups is 1. The van der Waals surface area contributed by atoms with E-state index in [9.17, 15) is 44.1 Å². The molecular formula is C31H21N5O10. The molecule has 0 radical (unpaired) electrons. The number of amides is 1. The molecule has 0 aliphatic heterocycles. The molecule has 4 aromatic rings. The molecule has 0 fully saturated rings. The maximum Gasteiger partial charge on any atom is 0.260 e. The summed E-state index contributed by atoms with van der Waals surface area (Å²) in [7, 11) is 1.12. The number of ether oxygens (including phenoxy) is 1. The number of phenols is 3. The smallest absolute Gasteiger partial charge is 0.260 e. The van der Waals surface area contributed by atoms with Gasteiger partial charge >= 0.3 is 0 Å². The van der Waals surface area contributed by atoms with Gasteiger partial charge in [0, 0.05) is 24.0 Å². The maximum absolute atomic E-state index is 14.1. The number of phenolic OH excluding ortho intramolecular Hbond substituents is 3. The van der Waals surface area contributed by atoms with E-state index in [1.165, 1.54) is 35.4 Å². The highest BCUT2D eigenvalue weighted by atomic mass is 16.5. The quantitative estimate of drug-likeness (QED) is 0.0916. The number of hydrogen-bond donors (Lipinski definition) is 5. The molecule has 5 N–H and O–H groups in total. The third-order valence-corrected chi connectivity index (χ3v) is 8.54. The minimum Gasteiger partial charge on any atom is -0.507 e. The highest BCUT2D eigenvalue weighted by Gasteiger charge is 2.61. The molecule has 3 aliphatic rings. The third kappa shape index (κ3) is 3.71. The zero-order chi connectivity index (χ0) is 32.7. The zero-order valence-electron chi connectivity index (χ0n) is 23.7. The molecule has 1 atom stereocenters. The van der Waals surface area contributed by atoms with Crippen molar-refractivity contribution < 1.29 is 44.0 Å². The van der Waals surface area contributed by atoms with E-state index in [0.717, 1.165) is 13.2 Å². The molecule has 7 rings (SSSR count). The molecule has 0 saturated carbocycles. The van der Waals surface area contributed by atoms with Crippen molar-refractivity contribution in [3.63, 3.8) is 0 Å². The van der Waals surface area contributed by atoms with Gasteiger partial charge in [-0.1, -0.05) is 6.07 Å². The number of pyridine rings is 1. The fraction of sp³-hybridized carbons (Fsp3) is 0.161. The third-order valence-electron chi connectivity index (χ3n) is 8.54. The normalized spacial score (nSPS) is 18.3. The summed E-state index contributed by atoms with van der Waals surface area (Å²) in [5.41, 5.74) is -2.91. The lowest BCUT2D eigenvalue weighted by Crippen LogP contribution is -2.36. The number of aryl methyl sites for hydroxylation is 1. The van der Waals surface area contributed by atoms with Crippen LogP contribution >= 0.6 is 0 Å². The number of methoxy groups -OCH3 is 1. The van der Waals surface area contributed by atoms with Crippen molar-refractivity contribution in [3.05, 3.63) is 92.1 Å². The molecule has 230 valence electrons. The number of imidazole rings is 1. The van der Waals surface area contributed by atoms with Crippen molar-refractivity contribution in [2.75, 3.05) is 7.11 Å². The zero-order valence-corrected chi connectivity index (χ0v) is 23.7. The highest BCUT2D eigenvalue weighted by molar-refractivity contribution is 6.38. The Morgan fingerprint density at radius 3 is 2.46 bits per heavy atom. The number of allylic oxidation sites excluding steroid dienone is 2. The van der Waals surface area contributed by atoms with Crippen molar-refractivity contribution in [1.82, 2.24) is 20.0 Å². The molecule has 1 unspecified atom stereocenters. The Bertz CT molecular complexity index is 2250. The molecule has 1 amide bonds. The minimum atomic E-state index is -2.15. The first kappa shape index (κ1) is 28.4. The number of fused-ring (bicyclic) bond motifs is 5. The molecule has 0 saturated heterocycles. The number of rotatable bonds is 5. The van der Waals surface area contributed by atoms with E-state index in [2.05, 4.69) is 20.5 Å². The average Bonchev–Trinajstić information content (AvgIpc) is 3.72. The van der Waals surface area contributed by atoms with Crippen LogP contribution in [0.3, 0.4) is 0 Å². The average molecular weight is 624 g/mol. The van der Waals surface area contributed by atoms with Crippen LogP contribution in [0.25, 0.3) is 10.8 Å². The summed E-state index contributed by atoms with van der Waals surface area (Å²) in [5.74, 6) is -7.35. The van der Waals surface area contributed by atoms with Crippen molar-refractivity contribution in [2.45, 2.75) is 24.8 Å². The van der Waals surface area contributed by atoms with Crippen molar-refractivity contribution >= 4 is 46.0 Å². The Balaban J connectivity index is 1.30. The molecule has 2 heterocycles. The number of aromatic amines is 1. The van der Waals surface area contributed by atoms with Gasteiger partial charge in [0.05, 0.1) is 53.0 Å². The van der Waals surface area contributed by atoms with Crippen molar-refractivity contribution in [3.8, 4) is 17.2 Å². The van der Waals surface area contributed by atoms with E-state index >= 15 is 0 Å². The second-order valence-electron chi connectivity index (χ2n) is 11.0. The summed E-state index contributed by atoms with van der Waals surface area (Å²) < 4.78 is 6.44. The fourth-order valence-corrected chi connectivity index (χ4v) is 6.58. The molecule has 2 aromatic heterocycles. The van der Waals surface area contributed by atoms with Gasteiger partial charge in [-0.05, 0) is 29.9 Å². The van der Waals surface area contributed by atoms with Crippen LogP contribution in [0, 0.1) is 0 Å². The number of carbonyl (C=O) groups is 5.